The molecule has 2 heterocycles. The molecule has 17 heavy (non-hydrogen) atoms. The summed E-state index contributed by atoms with van der Waals surface area (Å²) in [6.07, 6.45) is 2.69. The Labute approximate surface area is 97.6 Å². The summed E-state index contributed by atoms with van der Waals surface area (Å²) in [4.78, 5) is 22.9. The molecule has 0 bridgehead atoms. The quantitative estimate of drug-likeness (QED) is 0.801. The molecule has 2 rings (SSSR count). The zero-order chi connectivity index (χ0) is 12.5. The Kier molecular flexibility index (Phi) is 2.89. The molecule has 1 aliphatic rings. The van der Waals surface area contributed by atoms with Crippen LogP contribution in [0, 0.1) is 5.41 Å². The van der Waals surface area contributed by atoms with Crippen molar-refractivity contribution in [1.82, 2.24) is 5.32 Å². The van der Waals surface area contributed by atoms with E-state index in [1.807, 2.05) is 0 Å². The second-order valence-electron chi connectivity index (χ2n) is 4.28. The van der Waals surface area contributed by atoms with Crippen molar-refractivity contribution in [3.63, 3.8) is 0 Å². The number of furan rings is 1. The van der Waals surface area contributed by atoms with Gasteiger partial charge in [0.15, 0.2) is 0 Å². The highest BCUT2D eigenvalue weighted by Gasteiger charge is 2.47. The molecule has 2 N–H and O–H groups in total. The number of ether oxygens (including phenoxy) is 1. The number of hydrogen-bond acceptors (Lipinski definition) is 4. The summed E-state index contributed by atoms with van der Waals surface area (Å²) in [5, 5.41) is 11.8. The molecule has 0 aromatic carbocycles. The third-order valence-electron chi connectivity index (χ3n) is 3.03. The van der Waals surface area contributed by atoms with E-state index >= 15 is 0 Å². The summed E-state index contributed by atoms with van der Waals surface area (Å²) in [6, 6.07) is 0.978. The first-order valence-electron chi connectivity index (χ1n) is 5.18. The number of aliphatic carboxylic acids is 1. The number of rotatable bonds is 3. The third-order valence-corrected chi connectivity index (χ3v) is 3.03. The molecule has 0 spiro atoms. The van der Waals surface area contributed by atoms with Crippen molar-refractivity contribution in [2.75, 3.05) is 13.2 Å². The van der Waals surface area contributed by atoms with Crippen molar-refractivity contribution >= 4 is 11.9 Å². The number of carbonyl (C=O) groups is 2. The molecular formula is C11H13NO5. The lowest BCUT2D eigenvalue weighted by atomic mass is 9.85. The Morgan fingerprint density at radius 3 is 2.94 bits per heavy atom. The van der Waals surface area contributed by atoms with Gasteiger partial charge in [-0.3, -0.25) is 9.59 Å². The molecule has 1 fully saturated rings. The summed E-state index contributed by atoms with van der Waals surface area (Å²) in [5.74, 6) is -1.34. The number of carbonyl (C=O) groups excluding carboxylic acids is 1. The highest BCUT2D eigenvalue weighted by atomic mass is 16.5. The molecule has 6 nitrogen and oxygen atoms in total. The minimum atomic E-state index is -1.08. The normalized spacial score (nSPS) is 27.9. The lowest BCUT2D eigenvalue weighted by Crippen LogP contribution is -2.49. The van der Waals surface area contributed by atoms with Gasteiger partial charge in [-0.25, -0.2) is 0 Å². The molecule has 2 atom stereocenters. The summed E-state index contributed by atoms with van der Waals surface area (Å²) < 4.78 is 9.92. The van der Waals surface area contributed by atoms with Crippen LogP contribution in [0.3, 0.4) is 0 Å². The van der Waals surface area contributed by atoms with Crippen LogP contribution in [-0.2, 0) is 9.53 Å². The van der Waals surface area contributed by atoms with Gasteiger partial charge in [0.1, 0.15) is 11.7 Å². The monoisotopic (exact) mass is 239 g/mol. The maximum atomic E-state index is 11.8. The van der Waals surface area contributed by atoms with Gasteiger partial charge in [-0.15, -0.1) is 0 Å². The lowest BCUT2D eigenvalue weighted by molar-refractivity contribution is -0.148. The van der Waals surface area contributed by atoms with Crippen LogP contribution in [0.25, 0.3) is 0 Å². The lowest BCUT2D eigenvalue weighted by Gasteiger charge is -2.25. The Morgan fingerprint density at radius 1 is 1.59 bits per heavy atom. The molecule has 6 heteroatoms. The maximum Gasteiger partial charge on any atom is 0.313 e. The fourth-order valence-corrected chi connectivity index (χ4v) is 1.72. The summed E-state index contributed by atoms with van der Waals surface area (Å²) in [5.41, 5.74) is -0.719. The maximum absolute atomic E-state index is 11.8. The van der Waals surface area contributed by atoms with E-state index < -0.39 is 17.4 Å². The Balaban J connectivity index is 2.09. The fraction of sp³-hybridized carbons (Fsp3) is 0.455. The van der Waals surface area contributed by atoms with Crippen LogP contribution in [0.5, 0.6) is 0 Å². The van der Waals surface area contributed by atoms with Gasteiger partial charge < -0.3 is 19.6 Å². The van der Waals surface area contributed by atoms with Crippen molar-refractivity contribution in [2.24, 2.45) is 5.41 Å². The van der Waals surface area contributed by atoms with E-state index in [0.29, 0.717) is 5.56 Å². The average molecular weight is 239 g/mol. The van der Waals surface area contributed by atoms with E-state index in [2.05, 4.69) is 5.32 Å². The van der Waals surface area contributed by atoms with Gasteiger partial charge in [0.2, 0.25) is 0 Å². The number of carboxylic acid groups (broad SMARTS) is 1. The number of carboxylic acids is 1. The Morgan fingerprint density at radius 2 is 2.35 bits per heavy atom. The summed E-state index contributed by atoms with van der Waals surface area (Å²) >= 11 is 0. The first-order chi connectivity index (χ1) is 8.04. The van der Waals surface area contributed by atoms with Gasteiger partial charge in [-0.1, -0.05) is 0 Å². The van der Waals surface area contributed by atoms with E-state index in [0.717, 1.165) is 0 Å². The van der Waals surface area contributed by atoms with Crippen molar-refractivity contribution < 1.29 is 23.8 Å². The SMILES string of the molecule is CC1(C(=O)O)COCC1NC(=O)c1ccoc1. The van der Waals surface area contributed by atoms with Crippen LogP contribution in [0.15, 0.2) is 23.0 Å². The Bertz CT molecular complexity index is 427. The molecule has 0 radical (unpaired) electrons. The van der Waals surface area contributed by atoms with E-state index in [1.165, 1.54) is 18.6 Å². The zero-order valence-corrected chi connectivity index (χ0v) is 9.30. The van der Waals surface area contributed by atoms with E-state index in [4.69, 9.17) is 14.3 Å². The second-order valence-corrected chi connectivity index (χ2v) is 4.28. The van der Waals surface area contributed by atoms with Gasteiger partial charge in [0.25, 0.3) is 5.91 Å². The van der Waals surface area contributed by atoms with Crippen molar-refractivity contribution in [2.45, 2.75) is 13.0 Å². The van der Waals surface area contributed by atoms with Crippen LogP contribution >= 0.6 is 0 Å². The van der Waals surface area contributed by atoms with Gasteiger partial charge in [0.05, 0.1) is 31.1 Å². The molecule has 1 aromatic heterocycles. The highest BCUT2D eigenvalue weighted by molar-refractivity contribution is 5.94. The highest BCUT2D eigenvalue weighted by Crippen LogP contribution is 2.28. The largest absolute Gasteiger partial charge is 0.481 e. The molecule has 1 saturated heterocycles. The predicted octanol–water partition coefficient (Wildman–Crippen LogP) is 0.499. The molecule has 0 saturated carbocycles. The predicted molar refractivity (Wildman–Crippen MR) is 56.5 cm³/mol. The summed E-state index contributed by atoms with van der Waals surface area (Å²) in [6.45, 7) is 1.85. The van der Waals surface area contributed by atoms with Crippen LogP contribution < -0.4 is 5.32 Å². The molecular weight excluding hydrogens is 226 g/mol. The van der Waals surface area contributed by atoms with E-state index in [-0.39, 0.29) is 19.1 Å². The number of hydrogen-bond donors (Lipinski definition) is 2. The molecule has 92 valence electrons. The molecule has 1 aliphatic heterocycles. The topological polar surface area (TPSA) is 88.8 Å². The second kappa shape index (κ2) is 4.21. The Hall–Kier alpha value is -1.82. The molecule has 2 unspecified atom stereocenters. The van der Waals surface area contributed by atoms with Crippen molar-refractivity contribution in [1.29, 1.82) is 0 Å². The first-order valence-corrected chi connectivity index (χ1v) is 5.18. The smallest absolute Gasteiger partial charge is 0.313 e. The fourth-order valence-electron chi connectivity index (χ4n) is 1.72. The van der Waals surface area contributed by atoms with Crippen LogP contribution in [0.1, 0.15) is 17.3 Å². The van der Waals surface area contributed by atoms with Crippen LogP contribution in [-0.4, -0.2) is 36.2 Å². The van der Waals surface area contributed by atoms with E-state index in [1.54, 1.807) is 6.92 Å². The van der Waals surface area contributed by atoms with Gasteiger partial charge >= 0.3 is 5.97 Å². The van der Waals surface area contributed by atoms with Gasteiger partial charge in [-0.2, -0.15) is 0 Å². The minimum Gasteiger partial charge on any atom is -0.481 e. The van der Waals surface area contributed by atoms with Gasteiger partial charge in [-0.05, 0) is 13.0 Å². The van der Waals surface area contributed by atoms with Crippen LogP contribution in [0.2, 0.25) is 0 Å². The van der Waals surface area contributed by atoms with Crippen LogP contribution in [0.4, 0.5) is 0 Å². The first kappa shape index (κ1) is 11.7. The van der Waals surface area contributed by atoms with Crippen molar-refractivity contribution in [3.8, 4) is 0 Å². The molecule has 1 amide bonds. The minimum absolute atomic E-state index is 0.0959. The summed E-state index contributed by atoms with van der Waals surface area (Å²) in [7, 11) is 0. The zero-order valence-electron chi connectivity index (χ0n) is 9.30. The molecule has 0 aliphatic carbocycles. The van der Waals surface area contributed by atoms with Gasteiger partial charge in [0, 0.05) is 0 Å². The number of amides is 1. The number of nitrogens with one attached hydrogen (secondary N) is 1. The van der Waals surface area contributed by atoms with E-state index in [9.17, 15) is 9.59 Å². The average Bonchev–Trinajstić information content (AvgIpc) is 2.89. The van der Waals surface area contributed by atoms with Crippen molar-refractivity contribution in [3.05, 3.63) is 24.2 Å². The standard InChI is InChI=1S/C11H13NO5/c1-11(10(14)15)6-17-5-8(11)12-9(13)7-2-3-16-4-7/h2-4,8H,5-6H2,1H3,(H,12,13)(H,14,15). The molecule has 1 aromatic rings. The third kappa shape index (κ3) is 2.03.